The SMILES string of the molecule is CC1=C(C(=O)N2CCC[C@@H](c3nncn3C(C)C)C2)CCCO1. The van der Waals surface area contributed by atoms with E-state index in [9.17, 15) is 4.79 Å². The summed E-state index contributed by atoms with van der Waals surface area (Å²) >= 11 is 0. The molecular weight excluding hydrogens is 292 g/mol. The number of carbonyl (C=O) groups excluding carboxylic acids is 1. The molecule has 0 aliphatic carbocycles. The maximum Gasteiger partial charge on any atom is 0.253 e. The van der Waals surface area contributed by atoms with Crippen molar-refractivity contribution in [1.29, 1.82) is 0 Å². The molecule has 0 unspecified atom stereocenters. The molecule has 2 aliphatic rings. The molecule has 23 heavy (non-hydrogen) atoms. The molecule has 0 spiro atoms. The zero-order valence-electron chi connectivity index (χ0n) is 14.3. The van der Waals surface area contributed by atoms with Crippen molar-refractivity contribution in [3.05, 3.63) is 23.5 Å². The van der Waals surface area contributed by atoms with E-state index in [1.165, 1.54) is 0 Å². The third-order valence-corrected chi connectivity index (χ3v) is 4.80. The van der Waals surface area contributed by atoms with Crippen LogP contribution in [0, 0.1) is 0 Å². The number of amides is 1. The smallest absolute Gasteiger partial charge is 0.253 e. The lowest BCUT2D eigenvalue weighted by Gasteiger charge is -2.34. The van der Waals surface area contributed by atoms with Gasteiger partial charge in [-0.05, 0) is 46.5 Å². The van der Waals surface area contributed by atoms with Gasteiger partial charge in [-0.25, -0.2) is 0 Å². The maximum absolute atomic E-state index is 12.8. The average Bonchev–Trinajstić information content (AvgIpc) is 3.05. The van der Waals surface area contributed by atoms with E-state index >= 15 is 0 Å². The Morgan fingerprint density at radius 1 is 1.39 bits per heavy atom. The Kier molecular flexibility index (Phi) is 4.68. The summed E-state index contributed by atoms with van der Waals surface area (Å²) in [6.45, 7) is 8.44. The van der Waals surface area contributed by atoms with Crippen LogP contribution in [0.1, 0.15) is 64.2 Å². The molecule has 1 aromatic rings. The molecule has 126 valence electrons. The Balaban J connectivity index is 1.76. The molecule has 3 heterocycles. The van der Waals surface area contributed by atoms with Crippen molar-refractivity contribution in [2.45, 2.75) is 58.4 Å². The Bertz CT molecular complexity index is 605. The predicted molar refractivity (Wildman–Crippen MR) is 86.8 cm³/mol. The van der Waals surface area contributed by atoms with E-state index in [1.807, 2.05) is 11.8 Å². The standard InChI is InChI=1S/C17H26N4O2/c1-12(2)21-11-18-19-16(21)14-6-4-8-20(10-14)17(22)15-7-5-9-23-13(15)3/h11-12,14H,4-10H2,1-3H3/t14-/m1/s1. The highest BCUT2D eigenvalue weighted by Crippen LogP contribution is 2.29. The highest BCUT2D eigenvalue weighted by molar-refractivity contribution is 5.94. The Morgan fingerprint density at radius 2 is 2.22 bits per heavy atom. The highest BCUT2D eigenvalue weighted by atomic mass is 16.5. The van der Waals surface area contributed by atoms with Crippen molar-refractivity contribution in [3.8, 4) is 0 Å². The van der Waals surface area contributed by atoms with Crippen molar-refractivity contribution in [2.24, 2.45) is 0 Å². The summed E-state index contributed by atoms with van der Waals surface area (Å²) in [5.41, 5.74) is 0.849. The van der Waals surface area contributed by atoms with Gasteiger partial charge in [-0.1, -0.05) is 0 Å². The molecule has 3 rings (SSSR count). The number of carbonyl (C=O) groups is 1. The minimum absolute atomic E-state index is 0.141. The monoisotopic (exact) mass is 318 g/mol. The lowest BCUT2D eigenvalue weighted by molar-refractivity contribution is -0.129. The first-order valence-electron chi connectivity index (χ1n) is 8.59. The molecule has 6 nitrogen and oxygen atoms in total. The molecule has 0 bridgehead atoms. The number of aromatic nitrogens is 3. The number of allylic oxidation sites excluding steroid dienone is 1. The van der Waals surface area contributed by atoms with Crippen LogP contribution in [0.5, 0.6) is 0 Å². The van der Waals surface area contributed by atoms with Gasteiger partial charge in [0.15, 0.2) is 0 Å². The van der Waals surface area contributed by atoms with Crippen LogP contribution in [0.3, 0.4) is 0 Å². The molecule has 1 atom stereocenters. The molecule has 0 saturated carbocycles. The van der Waals surface area contributed by atoms with Crippen LogP contribution < -0.4 is 0 Å². The summed E-state index contributed by atoms with van der Waals surface area (Å²) in [7, 11) is 0. The third kappa shape index (κ3) is 3.26. The molecule has 0 N–H and O–H groups in total. The fourth-order valence-electron chi connectivity index (χ4n) is 3.50. The van der Waals surface area contributed by atoms with E-state index in [0.29, 0.717) is 6.04 Å². The quantitative estimate of drug-likeness (QED) is 0.859. The number of hydrogen-bond donors (Lipinski definition) is 0. The molecule has 0 aromatic carbocycles. The molecule has 1 saturated heterocycles. The minimum Gasteiger partial charge on any atom is -0.498 e. The van der Waals surface area contributed by atoms with Crippen molar-refractivity contribution < 1.29 is 9.53 Å². The second-order valence-electron chi connectivity index (χ2n) is 6.77. The summed E-state index contributed by atoms with van der Waals surface area (Å²) in [5.74, 6) is 2.21. The molecule has 1 aromatic heterocycles. The van der Waals surface area contributed by atoms with Gasteiger partial charge in [-0.2, -0.15) is 0 Å². The van der Waals surface area contributed by atoms with Crippen LogP contribution in [0.15, 0.2) is 17.7 Å². The van der Waals surface area contributed by atoms with Gasteiger partial charge in [-0.3, -0.25) is 4.79 Å². The van der Waals surface area contributed by atoms with Crippen molar-refractivity contribution in [1.82, 2.24) is 19.7 Å². The van der Waals surface area contributed by atoms with Crippen molar-refractivity contribution >= 4 is 5.91 Å². The first kappa shape index (κ1) is 16.0. The van der Waals surface area contributed by atoms with E-state index < -0.39 is 0 Å². The minimum atomic E-state index is 0.141. The van der Waals surface area contributed by atoms with Gasteiger partial charge >= 0.3 is 0 Å². The van der Waals surface area contributed by atoms with Crippen LogP contribution in [0.2, 0.25) is 0 Å². The second-order valence-corrected chi connectivity index (χ2v) is 6.77. The highest BCUT2D eigenvalue weighted by Gasteiger charge is 2.31. The van der Waals surface area contributed by atoms with Gasteiger partial charge in [0, 0.05) is 25.0 Å². The zero-order chi connectivity index (χ0) is 16.4. The molecule has 1 fully saturated rings. The van der Waals surface area contributed by atoms with E-state index in [4.69, 9.17) is 4.74 Å². The lowest BCUT2D eigenvalue weighted by Crippen LogP contribution is -2.41. The zero-order valence-corrected chi connectivity index (χ0v) is 14.3. The van der Waals surface area contributed by atoms with Gasteiger partial charge in [0.25, 0.3) is 5.91 Å². The number of rotatable bonds is 3. The fraction of sp³-hybridized carbons (Fsp3) is 0.706. The summed E-state index contributed by atoms with van der Waals surface area (Å²) in [6, 6.07) is 0.336. The Morgan fingerprint density at radius 3 is 2.96 bits per heavy atom. The maximum atomic E-state index is 12.8. The first-order valence-corrected chi connectivity index (χ1v) is 8.59. The normalized spacial score (nSPS) is 22.4. The van der Waals surface area contributed by atoms with E-state index in [2.05, 4.69) is 28.6 Å². The Hall–Kier alpha value is -1.85. The van der Waals surface area contributed by atoms with Crippen molar-refractivity contribution in [2.75, 3.05) is 19.7 Å². The molecule has 6 heteroatoms. The largest absolute Gasteiger partial charge is 0.498 e. The van der Waals surface area contributed by atoms with Crippen LogP contribution in [0.25, 0.3) is 0 Å². The van der Waals surface area contributed by atoms with Crippen LogP contribution in [0.4, 0.5) is 0 Å². The Labute approximate surface area is 137 Å². The predicted octanol–water partition coefficient (Wildman–Crippen LogP) is 2.65. The second kappa shape index (κ2) is 6.72. The third-order valence-electron chi connectivity index (χ3n) is 4.80. The van der Waals surface area contributed by atoms with Gasteiger partial charge in [-0.15, -0.1) is 10.2 Å². The summed E-state index contributed by atoms with van der Waals surface area (Å²) in [5, 5.41) is 8.39. The number of piperidine rings is 1. The number of ether oxygens (including phenoxy) is 1. The molecule has 1 amide bonds. The number of likely N-dealkylation sites (tertiary alicyclic amines) is 1. The summed E-state index contributed by atoms with van der Waals surface area (Å²) < 4.78 is 7.68. The van der Waals surface area contributed by atoms with Gasteiger partial charge < -0.3 is 14.2 Å². The van der Waals surface area contributed by atoms with E-state index in [0.717, 1.165) is 62.5 Å². The van der Waals surface area contributed by atoms with E-state index in [1.54, 1.807) is 6.33 Å². The summed E-state index contributed by atoms with van der Waals surface area (Å²) in [4.78, 5) is 14.8. The van der Waals surface area contributed by atoms with Gasteiger partial charge in [0.1, 0.15) is 17.9 Å². The van der Waals surface area contributed by atoms with Crippen LogP contribution >= 0.6 is 0 Å². The average molecular weight is 318 g/mol. The topological polar surface area (TPSA) is 60.2 Å². The van der Waals surface area contributed by atoms with E-state index in [-0.39, 0.29) is 11.8 Å². The van der Waals surface area contributed by atoms with Crippen LogP contribution in [-0.2, 0) is 9.53 Å². The molecule has 2 aliphatic heterocycles. The van der Waals surface area contributed by atoms with Crippen molar-refractivity contribution in [3.63, 3.8) is 0 Å². The summed E-state index contributed by atoms with van der Waals surface area (Å²) in [6.07, 6.45) is 5.62. The molecular formula is C17H26N4O2. The van der Waals surface area contributed by atoms with Gasteiger partial charge in [0.2, 0.25) is 0 Å². The van der Waals surface area contributed by atoms with Crippen LogP contribution in [-0.4, -0.2) is 45.3 Å². The lowest BCUT2D eigenvalue weighted by atomic mass is 9.95. The number of hydrogen-bond acceptors (Lipinski definition) is 4. The number of nitrogens with zero attached hydrogens (tertiary/aromatic N) is 4. The first-order chi connectivity index (χ1) is 11.1. The fourth-order valence-corrected chi connectivity index (χ4v) is 3.50. The molecule has 0 radical (unpaired) electrons. The van der Waals surface area contributed by atoms with Gasteiger partial charge in [0.05, 0.1) is 12.2 Å².